The van der Waals surface area contributed by atoms with Crippen LogP contribution in [-0.2, 0) is 10.0 Å². The molecule has 0 radical (unpaired) electrons. The van der Waals surface area contributed by atoms with Crippen molar-refractivity contribution >= 4 is 21.5 Å². The molecule has 2 rings (SSSR count). The molecule has 0 aliphatic rings. The number of carbonyl (C=O) groups is 1. The number of sulfonamides is 1. The van der Waals surface area contributed by atoms with Crippen LogP contribution in [0.2, 0.25) is 0 Å². The summed E-state index contributed by atoms with van der Waals surface area (Å²) in [5.74, 6) is -0.109. The lowest BCUT2D eigenvalue weighted by Gasteiger charge is -2.06. The molecule has 0 amide bonds. The second-order valence-corrected chi connectivity index (χ2v) is 5.51. The van der Waals surface area contributed by atoms with Crippen molar-refractivity contribution in [2.45, 2.75) is 18.2 Å². The maximum atomic E-state index is 12.1. The molecule has 0 bridgehead atoms. The fraction of sp³-hybridized carbons (Fsp3) is 0.167. The summed E-state index contributed by atoms with van der Waals surface area (Å²) >= 11 is 0. The molecule has 0 unspecified atom stereocenters. The molecular weight excluding hydrogens is 268 g/mol. The molecule has 0 aliphatic carbocycles. The van der Waals surface area contributed by atoms with Gasteiger partial charge in [-0.15, -0.1) is 0 Å². The normalized spacial score (nSPS) is 11.2. The summed E-state index contributed by atoms with van der Waals surface area (Å²) < 4.78 is 31.0. The molecule has 6 nitrogen and oxygen atoms in total. The molecule has 100 valence electrons. The first kappa shape index (κ1) is 13.3. The zero-order chi connectivity index (χ0) is 13.9. The quantitative estimate of drug-likeness (QED) is 0.847. The van der Waals surface area contributed by atoms with E-state index in [2.05, 4.69) is 14.4 Å². The van der Waals surface area contributed by atoms with Gasteiger partial charge in [-0.25, -0.2) is 8.42 Å². The van der Waals surface area contributed by atoms with Gasteiger partial charge in [0.1, 0.15) is 12.0 Å². The molecule has 1 aromatic carbocycles. The number of anilines is 1. The van der Waals surface area contributed by atoms with E-state index in [4.69, 9.17) is 0 Å². The van der Waals surface area contributed by atoms with Gasteiger partial charge in [-0.2, -0.15) is 0 Å². The van der Waals surface area contributed by atoms with Gasteiger partial charge in [0.05, 0.1) is 11.1 Å². The van der Waals surface area contributed by atoms with Gasteiger partial charge in [0.25, 0.3) is 10.0 Å². The lowest BCUT2D eigenvalue weighted by Crippen LogP contribution is -2.13. The van der Waals surface area contributed by atoms with Crippen LogP contribution in [0.15, 0.2) is 46.1 Å². The highest BCUT2D eigenvalue weighted by molar-refractivity contribution is 7.92. The van der Waals surface area contributed by atoms with Crippen molar-refractivity contribution in [2.24, 2.45) is 0 Å². The van der Waals surface area contributed by atoms with Crippen molar-refractivity contribution in [2.75, 3.05) is 4.72 Å². The third kappa shape index (κ3) is 3.00. The Labute approximate surface area is 110 Å². The van der Waals surface area contributed by atoms with Crippen LogP contribution in [0.25, 0.3) is 0 Å². The molecule has 1 heterocycles. The van der Waals surface area contributed by atoms with Crippen molar-refractivity contribution < 1.29 is 17.7 Å². The van der Waals surface area contributed by atoms with E-state index in [1.807, 2.05) is 0 Å². The third-order valence-corrected chi connectivity index (χ3v) is 3.85. The summed E-state index contributed by atoms with van der Waals surface area (Å²) in [4.78, 5) is 11.6. The van der Waals surface area contributed by atoms with Gasteiger partial charge in [-0.1, -0.05) is 24.2 Å². The summed E-state index contributed by atoms with van der Waals surface area (Å²) in [6, 6.07) is 5.89. The number of ketones is 1. The van der Waals surface area contributed by atoms with Gasteiger partial charge >= 0.3 is 0 Å². The smallest absolute Gasteiger partial charge is 0.262 e. The third-order valence-electron chi connectivity index (χ3n) is 2.47. The van der Waals surface area contributed by atoms with Crippen LogP contribution in [0.5, 0.6) is 0 Å². The molecule has 1 aromatic heterocycles. The van der Waals surface area contributed by atoms with Crippen LogP contribution in [0, 0.1) is 0 Å². The highest BCUT2D eigenvalue weighted by Gasteiger charge is 2.16. The largest absolute Gasteiger partial charge is 0.362 e. The first-order valence-corrected chi connectivity index (χ1v) is 7.06. The van der Waals surface area contributed by atoms with Gasteiger partial charge in [0, 0.05) is 12.0 Å². The number of hydrogen-bond donors (Lipinski definition) is 1. The molecule has 0 spiro atoms. The number of benzene rings is 1. The lowest BCUT2D eigenvalue weighted by molar-refractivity contribution is 0.0988. The summed E-state index contributed by atoms with van der Waals surface area (Å²) in [7, 11) is -3.75. The van der Waals surface area contributed by atoms with E-state index in [1.54, 1.807) is 13.0 Å². The van der Waals surface area contributed by atoms with Crippen LogP contribution in [0.1, 0.15) is 23.7 Å². The number of Topliss-reactive ketones (excluding diaryl/α,β-unsaturated/α-hetero) is 1. The summed E-state index contributed by atoms with van der Waals surface area (Å²) in [6.07, 6.45) is 2.75. The SMILES string of the molecule is CCC(=O)c1cccc(S(=O)(=O)Nc2cnoc2)c1. The molecule has 19 heavy (non-hydrogen) atoms. The average Bonchev–Trinajstić information content (AvgIpc) is 2.90. The van der Waals surface area contributed by atoms with Crippen molar-refractivity contribution in [3.8, 4) is 0 Å². The molecular formula is C12H12N2O4S. The fourth-order valence-electron chi connectivity index (χ4n) is 1.51. The molecule has 7 heteroatoms. The topological polar surface area (TPSA) is 89.3 Å². The van der Waals surface area contributed by atoms with Crippen LogP contribution < -0.4 is 4.72 Å². The molecule has 0 fully saturated rings. The van der Waals surface area contributed by atoms with E-state index in [0.717, 1.165) is 0 Å². The van der Waals surface area contributed by atoms with E-state index >= 15 is 0 Å². The monoisotopic (exact) mass is 280 g/mol. The minimum absolute atomic E-state index is 0.0213. The van der Waals surface area contributed by atoms with Crippen LogP contribution >= 0.6 is 0 Å². The number of hydrogen-bond acceptors (Lipinski definition) is 5. The Hall–Kier alpha value is -2.15. The first-order valence-electron chi connectivity index (χ1n) is 5.58. The van der Waals surface area contributed by atoms with Crippen LogP contribution in [0.4, 0.5) is 5.69 Å². The molecule has 1 N–H and O–H groups in total. The maximum absolute atomic E-state index is 12.1. The van der Waals surface area contributed by atoms with Gasteiger partial charge < -0.3 is 4.52 Å². The highest BCUT2D eigenvalue weighted by atomic mass is 32.2. The average molecular weight is 280 g/mol. The van der Waals surface area contributed by atoms with Crippen molar-refractivity contribution in [3.63, 3.8) is 0 Å². The number of nitrogens with one attached hydrogen (secondary N) is 1. The number of nitrogens with zero attached hydrogens (tertiary/aromatic N) is 1. The predicted molar refractivity (Wildman–Crippen MR) is 68.4 cm³/mol. The first-order chi connectivity index (χ1) is 9.03. The van der Waals surface area contributed by atoms with E-state index < -0.39 is 10.0 Å². The van der Waals surface area contributed by atoms with Crippen molar-refractivity contribution in [1.82, 2.24) is 5.16 Å². The minimum Gasteiger partial charge on any atom is -0.362 e. The second kappa shape index (κ2) is 5.23. The Morgan fingerprint density at radius 1 is 1.42 bits per heavy atom. The van der Waals surface area contributed by atoms with Gasteiger partial charge in [0.2, 0.25) is 0 Å². The minimum atomic E-state index is -3.75. The lowest BCUT2D eigenvalue weighted by atomic mass is 10.1. The van der Waals surface area contributed by atoms with Crippen LogP contribution in [0.3, 0.4) is 0 Å². The Morgan fingerprint density at radius 2 is 2.21 bits per heavy atom. The molecule has 2 aromatic rings. The molecule has 0 atom stereocenters. The number of rotatable bonds is 5. The zero-order valence-electron chi connectivity index (χ0n) is 10.2. The van der Waals surface area contributed by atoms with Crippen molar-refractivity contribution in [3.05, 3.63) is 42.3 Å². The van der Waals surface area contributed by atoms with Gasteiger partial charge in [-0.3, -0.25) is 9.52 Å². The standard InChI is InChI=1S/C12H12N2O4S/c1-2-12(15)9-4-3-5-11(6-9)19(16,17)14-10-7-13-18-8-10/h3-8,14H,2H2,1H3. The van der Waals surface area contributed by atoms with E-state index in [1.165, 1.54) is 30.7 Å². The van der Waals surface area contributed by atoms with Crippen molar-refractivity contribution in [1.29, 1.82) is 0 Å². The summed E-state index contributed by atoms with van der Waals surface area (Å²) in [5, 5.41) is 3.40. The zero-order valence-corrected chi connectivity index (χ0v) is 11.0. The number of carbonyl (C=O) groups excluding carboxylic acids is 1. The van der Waals surface area contributed by atoms with E-state index in [9.17, 15) is 13.2 Å². The Morgan fingerprint density at radius 3 is 2.84 bits per heavy atom. The highest BCUT2D eigenvalue weighted by Crippen LogP contribution is 2.17. The fourth-order valence-corrected chi connectivity index (χ4v) is 2.58. The predicted octanol–water partition coefficient (Wildman–Crippen LogP) is 2.07. The summed E-state index contributed by atoms with van der Waals surface area (Å²) in [5.41, 5.74) is 0.600. The number of aromatic nitrogens is 1. The summed E-state index contributed by atoms with van der Waals surface area (Å²) in [6.45, 7) is 1.72. The Kier molecular flexibility index (Phi) is 3.66. The Balaban J connectivity index is 2.33. The van der Waals surface area contributed by atoms with Gasteiger partial charge in [0.15, 0.2) is 5.78 Å². The van der Waals surface area contributed by atoms with Crippen LogP contribution in [-0.4, -0.2) is 19.4 Å². The van der Waals surface area contributed by atoms with E-state index in [-0.39, 0.29) is 16.4 Å². The molecule has 0 aliphatic heterocycles. The molecule has 0 saturated heterocycles. The van der Waals surface area contributed by atoms with Gasteiger partial charge in [-0.05, 0) is 12.1 Å². The van der Waals surface area contributed by atoms with E-state index in [0.29, 0.717) is 12.0 Å². The second-order valence-electron chi connectivity index (χ2n) is 3.82. The Bertz CT molecular complexity index is 678. The molecule has 0 saturated carbocycles. The maximum Gasteiger partial charge on any atom is 0.262 e.